The predicted molar refractivity (Wildman–Crippen MR) is 71.2 cm³/mol. The Balaban J connectivity index is 2.25. The third kappa shape index (κ3) is 2.93. The number of aliphatic hydroxyl groups is 1. The highest BCUT2D eigenvalue weighted by Gasteiger charge is 2.28. The first-order valence-corrected chi connectivity index (χ1v) is 6.44. The number of rotatable bonds is 5. The van der Waals surface area contributed by atoms with Gasteiger partial charge in [-0.3, -0.25) is 0 Å². The van der Waals surface area contributed by atoms with E-state index in [9.17, 15) is 0 Å². The molecule has 0 aromatic carbocycles. The lowest BCUT2D eigenvalue weighted by Gasteiger charge is -2.26. The molecule has 2 rings (SSSR count). The second kappa shape index (κ2) is 6.33. The van der Waals surface area contributed by atoms with Crippen molar-refractivity contribution in [2.45, 2.75) is 31.7 Å². The van der Waals surface area contributed by atoms with Crippen molar-refractivity contribution in [1.29, 1.82) is 0 Å². The van der Waals surface area contributed by atoms with Crippen LogP contribution in [0.25, 0.3) is 0 Å². The van der Waals surface area contributed by atoms with E-state index < -0.39 is 0 Å². The zero-order chi connectivity index (χ0) is 13.7. The minimum absolute atomic E-state index is 0.0316. The highest BCUT2D eigenvalue weighted by atomic mass is 16.4. The number of nitrogens with zero attached hydrogens (tertiary/aromatic N) is 4. The predicted octanol–water partition coefficient (Wildman–Crippen LogP) is 0.312. The molecule has 0 saturated carbocycles. The summed E-state index contributed by atoms with van der Waals surface area (Å²) in [5, 5.41) is 20.8. The molecule has 19 heavy (non-hydrogen) atoms. The molecule has 1 aromatic heterocycles. The Morgan fingerprint density at radius 2 is 2.26 bits per heavy atom. The molecule has 1 atom stereocenters. The van der Waals surface area contributed by atoms with Gasteiger partial charge in [-0.15, -0.1) is 0 Å². The van der Waals surface area contributed by atoms with E-state index in [2.05, 4.69) is 20.0 Å². The van der Waals surface area contributed by atoms with Crippen molar-refractivity contribution in [3.63, 3.8) is 0 Å². The number of anilines is 1. The minimum Gasteiger partial charge on any atom is -0.409 e. The molecule has 4 N–H and O–H groups in total. The minimum atomic E-state index is -0.0316. The summed E-state index contributed by atoms with van der Waals surface area (Å²) in [5.74, 6) is 0.620. The normalized spacial score (nSPS) is 19.9. The Bertz CT molecular complexity index is 452. The van der Waals surface area contributed by atoms with Crippen molar-refractivity contribution < 1.29 is 10.3 Å². The van der Waals surface area contributed by atoms with Gasteiger partial charge in [0.25, 0.3) is 0 Å². The molecule has 2 heterocycles. The maximum absolute atomic E-state index is 8.95. The average Bonchev–Trinajstić information content (AvgIpc) is 2.92. The maximum Gasteiger partial charge on any atom is 0.192 e. The van der Waals surface area contributed by atoms with Crippen LogP contribution in [-0.2, 0) is 0 Å². The number of hydrogen-bond acceptors (Lipinski definition) is 6. The fourth-order valence-corrected chi connectivity index (χ4v) is 2.51. The zero-order valence-corrected chi connectivity index (χ0v) is 10.7. The summed E-state index contributed by atoms with van der Waals surface area (Å²) < 4.78 is 0. The number of aliphatic hydroxyl groups excluding tert-OH is 1. The maximum atomic E-state index is 8.95. The quantitative estimate of drug-likeness (QED) is 0.306. The third-order valence-electron chi connectivity index (χ3n) is 3.37. The first-order chi connectivity index (χ1) is 9.27. The Morgan fingerprint density at radius 3 is 3.00 bits per heavy atom. The molecule has 7 nitrogen and oxygen atoms in total. The summed E-state index contributed by atoms with van der Waals surface area (Å²) in [4.78, 5) is 10.6. The lowest BCUT2D eigenvalue weighted by Crippen LogP contribution is -2.33. The summed E-state index contributed by atoms with van der Waals surface area (Å²) in [6.45, 7) is 1.07. The van der Waals surface area contributed by atoms with Gasteiger partial charge in [-0.1, -0.05) is 5.16 Å². The number of amidine groups is 1. The summed E-state index contributed by atoms with van der Waals surface area (Å²) in [5.41, 5.74) is 6.04. The van der Waals surface area contributed by atoms with Crippen LogP contribution in [0.1, 0.15) is 31.4 Å². The number of nitrogens with two attached hydrogens (primary N) is 1. The van der Waals surface area contributed by atoms with Gasteiger partial charge in [0.2, 0.25) is 0 Å². The van der Waals surface area contributed by atoms with E-state index in [0.717, 1.165) is 32.2 Å². The van der Waals surface area contributed by atoms with Gasteiger partial charge in [0.1, 0.15) is 0 Å². The monoisotopic (exact) mass is 265 g/mol. The van der Waals surface area contributed by atoms with E-state index >= 15 is 0 Å². The van der Waals surface area contributed by atoms with Gasteiger partial charge in [0.15, 0.2) is 17.3 Å². The molecular formula is C12H19N5O2. The van der Waals surface area contributed by atoms with Gasteiger partial charge in [-0.25, -0.2) is 9.97 Å². The van der Waals surface area contributed by atoms with Crippen LogP contribution in [0.4, 0.5) is 5.82 Å². The van der Waals surface area contributed by atoms with Gasteiger partial charge in [-0.05, 0) is 25.7 Å². The van der Waals surface area contributed by atoms with Crippen LogP contribution in [0.3, 0.4) is 0 Å². The lowest BCUT2D eigenvalue weighted by molar-refractivity contribution is 0.279. The third-order valence-corrected chi connectivity index (χ3v) is 3.37. The number of oxime groups is 1. The zero-order valence-electron chi connectivity index (χ0n) is 10.7. The standard InChI is InChI=1S/C12H19N5O2/c13-11(16-19)10-12(15-6-5-14-10)17-7-1-3-9(17)4-2-8-18/h5-6,9,18-19H,1-4,7-8H2,(H2,13,16). The summed E-state index contributed by atoms with van der Waals surface area (Å²) in [7, 11) is 0. The van der Waals surface area contributed by atoms with Crippen molar-refractivity contribution in [2.75, 3.05) is 18.1 Å². The van der Waals surface area contributed by atoms with Crippen LogP contribution in [0, 0.1) is 0 Å². The summed E-state index contributed by atoms with van der Waals surface area (Å²) in [6, 6.07) is 0.328. The second-order valence-electron chi connectivity index (χ2n) is 4.57. The summed E-state index contributed by atoms with van der Waals surface area (Å²) in [6.07, 6.45) is 6.93. The molecule has 0 aliphatic carbocycles. The second-order valence-corrected chi connectivity index (χ2v) is 4.57. The number of hydrogen-bond donors (Lipinski definition) is 3. The first-order valence-electron chi connectivity index (χ1n) is 6.44. The van der Waals surface area contributed by atoms with Crippen molar-refractivity contribution in [3.05, 3.63) is 18.1 Å². The Hall–Kier alpha value is -1.89. The SMILES string of the molecule is NC(=NO)c1nccnc1N1CCCC1CCCO. The number of aromatic nitrogens is 2. The highest BCUT2D eigenvalue weighted by Crippen LogP contribution is 2.28. The topological polar surface area (TPSA) is 108 Å². The fraction of sp³-hybridized carbons (Fsp3) is 0.583. The molecule has 1 aliphatic rings. The van der Waals surface area contributed by atoms with E-state index in [-0.39, 0.29) is 12.4 Å². The highest BCUT2D eigenvalue weighted by molar-refractivity contribution is 5.99. The van der Waals surface area contributed by atoms with Crippen LogP contribution in [0.2, 0.25) is 0 Å². The van der Waals surface area contributed by atoms with Gasteiger partial charge >= 0.3 is 0 Å². The van der Waals surface area contributed by atoms with Gasteiger partial charge in [0.05, 0.1) is 0 Å². The summed E-state index contributed by atoms with van der Waals surface area (Å²) >= 11 is 0. The molecule has 1 saturated heterocycles. The van der Waals surface area contributed by atoms with Crippen molar-refractivity contribution >= 4 is 11.7 Å². The Labute approximate surface area is 111 Å². The van der Waals surface area contributed by atoms with Crippen LogP contribution < -0.4 is 10.6 Å². The van der Waals surface area contributed by atoms with Crippen molar-refractivity contribution in [2.24, 2.45) is 10.9 Å². The van der Waals surface area contributed by atoms with Gasteiger partial charge in [-0.2, -0.15) is 0 Å². The van der Waals surface area contributed by atoms with Crippen LogP contribution in [-0.4, -0.2) is 45.3 Å². The molecule has 1 fully saturated rings. The molecule has 0 spiro atoms. The largest absolute Gasteiger partial charge is 0.409 e. The molecular weight excluding hydrogens is 246 g/mol. The molecule has 1 aliphatic heterocycles. The Kier molecular flexibility index (Phi) is 4.51. The van der Waals surface area contributed by atoms with E-state index in [1.807, 2.05) is 0 Å². The van der Waals surface area contributed by atoms with E-state index in [0.29, 0.717) is 17.6 Å². The molecule has 104 valence electrons. The van der Waals surface area contributed by atoms with E-state index in [4.69, 9.17) is 16.0 Å². The molecule has 7 heteroatoms. The smallest absolute Gasteiger partial charge is 0.192 e. The molecule has 1 aromatic rings. The van der Waals surface area contributed by atoms with Gasteiger partial charge in [0, 0.05) is 31.6 Å². The van der Waals surface area contributed by atoms with Crippen LogP contribution >= 0.6 is 0 Å². The fourth-order valence-electron chi connectivity index (χ4n) is 2.51. The molecule has 0 bridgehead atoms. The van der Waals surface area contributed by atoms with Gasteiger partial charge < -0.3 is 20.9 Å². The molecule has 0 radical (unpaired) electrons. The first kappa shape index (κ1) is 13.5. The molecule has 0 amide bonds. The lowest BCUT2D eigenvalue weighted by atomic mass is 10.1. The van der Waals surface area contributed by atoms with Crippen molar-refractivity contribution in [1.82, 2.24) is 9.97 Å². The van der Waals surface area contributed by atoms with E-state index in [1.165, 1.54) is 6.20 Å². The van der Waals surface area contributed by atoms with Crippen LogP contribution in [0.15, 0.2) is 17.5 Å². The van der Waals surface area contributed by atoms with Crippen molar-refractivity contribution in [3.8, 4) is 0 Å². The van der Waals surface area contributed by atoms with E-state index in [1.54, 1.807) is 6.20 Å². The molecule has 1 unspecified atom stereocenters. The average molecular weight is 265 g/mol. The Morgan fingerprint density at radius 1 is 1.47 bits per heavy atom. The van der Waals surface area contributed by atoms with Crippen LogP contribution in [0.5, 0.6) is 0 Å².